The van der Waals surface area contributed by atoms with Crippen molar-refractivity contribution in [2.75, 3.05) is 0 Å². The quantitative estimate of drug-likeness (QED) is 0.162. The second-order valence-electron chi connectivity index (χ2n) is 14.8. The summed E-state index contributed by atoms with van der Waals surface area (Å²) in [6.45, 7) is 0. The summed E-state index contributed by atoms with van der Waals surface area (Å²) in [7, 11) is 2.09. The van der Waals surface area contributed by atoms with Crippen molar-refractivity contribution in [3.8, 4) is 55.9 Å². The summed E-state index contributed by atoms with van der Waals surface area (Å²) in [5.74, 6) is 0.976. The fourth-order valence-electron chi connectivity index (χ4n) is 8.83. The van der Waals surface area contributed by atoms with Gasteiger partial charge in [0.25, 0.3) is 0 Å². The molecular weight excluding hydrogens is 677 g/mol. The SMILES string of the molecule is Cn1c(-c2ccccc2)nc2cc(-c3ccc(-c4ccc5c(-c6cccc7ccccc67)c6ccccc6c(-c6ccc7ccccc7c6)c5c4)cc3)ccc21. The summed E-state index contributed by atoms with van der Waals surface area (Å²) < 4.78 is 2.18. The zero-order chi connectivity index (χ0) is 37.2. The zero-order valence-electron chi connectivity index (χ0n) is 30.9. The number of nitrogens with zero attached hydrogens (tertiary/aromatic N) is 2. The number of aromatic nitrogens is 2. The lowest BCUT2D eigenvalue weighted by atomic mass is 9.83. The van der Waals surface area contributed by atoms with E-state index in [1.165, 1.54) is 82.0 Å². The Labute approximate surface area is 325 Å². The predicted molar refractivity (Wildman–Crippen MR) is 238 cm³/mol. The highest BCUT2D eigenvalue weighted by Gasteiger charge is 2.19. The van der Waals surface area contributed by atoms with Crippen molar-refractivity contribution in [2.45, 2.75) is 0 Å². The smallest absolute Gasteiger partial charge is 0.140 e. The van der Waals surface area contributed by atoms with E-state index in [0.717, 1.165) is 28.0 Å². The third-order valence-electron chi connectivity index (χ3n) is 11.6. The molecule has 0 saturated carbocycles. The molecule has 11 rings (SSSR count). The van der Waals surface area contributed by atoms with Crippen molar-refractivity contribution < 1.29 is 0 Å². The third-order valence-corrected chi connectivity index (χ3v) is 11.6. The summed E-state index contributed by atoms with van der Waals surface area (Å²) >= 11 is 0. The Bertz CT molecular complexity index is 3290. The molecule has 0 N–H and O–H groups in total. The van der Waals surface area contributed by atoms with Gasteiger partial charge in [-0.15, -0.1) is 0 Å². The molecule has 1 heterocycles. The summed E-state index contributed by atoms with van der Waals surface area (Å²) in [4.78, 5) is 5.04. The standard InChI is InChI=1S/C54H36N2/c1-56-51-31-29-42(34-50(51)55-54(56)39-14-3-2-4-15-39)37-24-22-36(23-25-37)41-28-30-48-49(33-41)52(43-27-26-35-12-5-6-16-40(35)32-43)46-19-9-10-20-47(46)53(48)45-21-11-17-38-13-7-8-18-44(38)45/h2-34H,1H3. The highest BCUT2D eigenvalue weighted by atomic mass is 15.1. The molecule has 0 saturated heterocycles. The van der Waals surface area contributed by atoms with Crippen LogP contribution in [0, 0.1) is 0 Å². The highest BCUT2D eigenvalue weighted by molar-refractivity contribution is 6.24. The van der Waals surface area contributed by atoms with Crippen LogP contribution in [-0.4, -0.2) is 9.55 Å². The zero-order valence-corrected chi connectivity index (χ0v) is 30.9. The van der Waals surface area contributed by atoms with Crippen LogP contribution in [0.2, 0.25) is 0 Å². The van der Waals surface area contributed by atoms with Crippen LogP contribution in [0.3, 0.4) is 0 Å². The Morgan fingerprint density at radius 2 is 0.911 bits per heavy atom. The molecular formula is C54H36N2. The molecule has 2 heteroatoms. The van der Waals surface area contributed by atoms with E-state index in [1.807, 2.05) is 6.07 Å². The predicted octanol–water partition coefficient (Wildman–Crippen LogP) is 14.5. The van der Waals surface area contributed by atoms with Crippen LogP contribution < -0.4 is 0 Å². The van der Waals surface area contributed by atoms with Crippen molar-refractivity contribution in [2.24, 2.45) is 7.05 Å². The van der Waals surface area contributed by atoms with Gasteiger partial charge in [-0.2, -0.15) is 0 Å². The second kappa shape index (κ2) is 12.9. The maximum absolute atomic E-state index is 5.04. The number of benzene rings is 10. The topological polar surface area (TPSA) is 17.8 Å². The molecule has 10 aromatic carbocycles. The summed E-state index contributed by atoms with van der Waals surface area (Å²) in [5, 5.41) is 10.0. The van der Waals surface area contributed by atoms with Gasteiger partial charge in [0.15, 0.2) is 0 Å². The van der Waals surface area contributed by atoms with E-state index in [-0.39, 0.29) is 0 Å². The Kier molecular flexibility index (Phi) is 7.43. The molecule has 11 aromatic rings. The Morgan fingerprint density at radius 1 is 0.339 bits per heavy atom. The molecule has 0 bridgehead atoms. The van der Waals surface area contributed by atoms with E-state index in [9.17, 15) is 0 Å². The summed E-state index contributed by atoms with van der Waals surface area (Å²) in [6.07, 6.45) is 0. The number of fused-ring (bicyclic) bond motifs is 5. The molecule has 0 amide bonds. The van der Waals surface area contributed by atoms with E-state index >= 15 is 0 Å². The van der Waals surface area contributed by atoms with Gasteiger partial charge in [0.05, 0.1) is 11.0 Å². The highest BCUT2D eigenvalue weighted by Crippen LogP contribution is 2.46. The van der Waals surface area contributed by atoms with Crippen molar-refractivity contribution in [3.05, 3.63) is 200 Å². The van der Waals surface area contributed by atoms with E-state index in [0.29, 0.717) is 0 Å². The van der Waals surface area contributed by atoms with Gasteiger partial charge in [-0.1, -0.05) is 176 Å². The molecule has 0 aliphatic heterocycles. The van der Waals surface area contributed by atoms with Crippen LogP contribution in [0.1, 0.15) is 0 Å². The molecule has 0 spiro atoms. The van der Waals surface area contributed by atoms with Crippen LogP contribution in [0.4, 0.5) is 0 Å². The van der Waals surface area contributed by atoms with Crippen LogP contribution in [-0.2, 0) is 7.05 Å². The Balaban J connectivity index is 1.08. The van der Waals surface area contributed by atoms with Crippen LogP contribution >= 0.6 is 0 Å². The molecule has 262 valence electrons. The number of rotatable bonds is 5. The first kappa shape index (κ1) is 32.2. The average molecular weight is 713 g/mol. The van der Waals surface area contributed by atoms with E-state index in [2.05, 4.69) is 206 Å². The molecule has 0 unspecified atom stereocenters. The van der Waals surface area contributed by atoms with Gasteiger partial charge >= 0.3 is 0 Å². The fourth-order valence-corrected chi connectivity index (χ4v) is 8.83. The van der Waals surface area contributed by atoms with E-state index in [4.69, 9.17) is 4.98 Å². The van der Waals surface area contributed by atoms with Gasteiger partial charge in [-0.3, -0.25) is 0 Å². The summed E-state index contributed by atoms with van der Waals surface area (Å²) in [5.41, 5.74) is 13.0. The maximum atomic E-state index is 5.04. The van der Waals surface area contributed by atoms with Crippen molar-refractivity contribution in [1.29, 1.82) is 0 Å². The molecule has 56 heavy (non-hydrogen) atoms. The minimum Gasteiger partial charge on any atom is -0.327 e. The Morgan fingerprint density at radius 3 is 1.70 bits per heavy atom. The lowest BCUT2D eigenvalue weighted by Gasteiger charge is -2.20. The minimum absolute atomic E-state index is 0.976. The molecule has 0 aliphatic rings. The van der Waals surface area contributed by atoms with Crippen molar-refractivity contribution in [1.82, 2.24) is 9.55 Å². The maximum Gasteiger partial charge on any atom is 0.140 e. The fraction of sp³-hybridized carbons (Fsp3) is 0.0185. The van der Waals surface area contributed by atoms with Gasteiger partial charge in [0.1, 0.15) is 5.82 Å². The number of aryl methyl sites for hydroxylation is 1. The van der Waals surface area contributed by atoms with Gasteiger partial charge < -0.3 is 4.57 Å². The molecule has 1 aromatic heterocycles. The molecule has 0 fully saturated rings. The largest absolute Gasteiger partial charge is 0.327 e. The molecule has 0 aliphatic carbocycles. The van der Waals surface area contributed by atoms with Crippen molar-refractivity contribution >= 4 is 54.1 Å². The first-order valence-electron chi connectivity index (χ1n) is 19.3. The summed E-state index contributed by atoms with van der Waals surface area (Å²) in [6, 6.07) is 73.1. The van der Waals surface area contributed by atoms with Gasteiger partial charge in [0, 0.05) is 12.6 Å². The van der Waals surface area contributed by atoms with Crippen LogP contribution in [0.15, 0.2) is 200 Å². The lowest BCUT2D eigenvalue weighted by molar-refractivity contribution is 0.959. The monoisotopic (exact) mass is 712 g/mol. The molecule has 2 nitrogen and oxygen atoms in total. The first-order chi connectivity index (χ1) is 27.7. The normalized spacial score (nSPS) is 11.7. The number of imidazole rings is 1. The molecule has 0 radical (unpaired) electrons. The van der Waals surface area contributed by atoms with Crippen molar-refractivity contribution in [3.63, 3.8) is 0 Å². The van der Waals surface area contributed by atoms with Crippen LogP contribution in [0.25, 0.3) is 110 Å². The van der Waals surface area contributed by atoms with E-state index in [1.54, 1.807) is 0 Å². The number of hydrogen-bond donors (Lipinski definition) is 0. The van der Waals surface area contributed by atoms with Gasteiger partial charge in [-0.05, 0) is 112 Å². The molecule has 0 atom stereocenters. The van der Waals surface area contributed by atoms with E-state index < -0.39 is 0 Å². The minimum atomic E-state index is 0.976. The average Bonchev–Trinajstić information content (AvgIpc) is 3.60. The van der Waals surface area contributed by atoms with Crippen LogP contribution in [0.5, 0.6) is 0 Å². The third kappa shape index (κ3) is 5.22. The second-order valence-corrected chi connectivity index (χ2v) is 14.8. The lowest BCUT2D eigenvalue weighted by Crippen LogP contribution is -1.92. The van der Waals surface area contributed by atoms with Gasteiger partial charge in [0.2, 0.25) is 0 Å². The van der Waals surface area contributed by atoms with Gasteiger partial charge in [-0.25, -0.2) is 4.98 Å². The Hall–Kier alpha value is -7.29. The first-order valence-corrected chi connectivity index (χ1v) is 19.3. The number of hydrogen-bond acceptors (Lipinski definition) is 1.